The summed E-state index contributed by atoms with van der Waals surface area (Å²) >= 11 is 0. The third-order valence-corrected chi connectivity index (χ3v) is 3.60. The molecule has 18 heavy (non-hydrogen) atoms. The first-order valence-electron chi connectivity index (χ1n) is 6.51. The van der Waals surface area contributed by atoms with Gasteiger partial charge in [-0.3, -0.25) is 0 Å². The SMILES string of the molecule is CC(NC(=O)NC(C(=O)O)C(C)(C)C)C1CCC1. The molecule has 2 unspecified atom stereocenters. The summed E-state index contributed by atoms with van der Waals surface area (Å²) in [5.41, 5.74) is -0.511. The Kier molecular flexibility index (Phi) is 4.59. The standard InChI is InChI=1S/C13H24N2O3/c1-8(9-6-5-7-9)14-12(18)15-10(11(16)17)13(2,3)4/h8-10H,5-7H2,1-4H3,(H,16,17)(H2,14,15,18). The number of rotatable bonds is 4. The van der Waals surface area contributed by atoms with Crippen molar-refractivity contribution < 1.29 is 14.7 Å². The van der Waals surface area contributed by atoms with Crippen LogP contribution in [0.3, 0.4) is 0 Å². The fraction of sp³-hybridized carbons (Fsp3) is 0.846. The van der Waals surface area contributed by atoms with E-state index >= 15 is 0 Å². The molecule has 2 amide bonds. The fourth-order valence-electron chi connectivity index (χ4n) is 2.09. The number of carboxylic acid groups (broad SMARTS) is 1. The monoisotopic (exact) mass is 256 g/mol. The van der Waals surface area contributed by atoms with E-state index in [0.29, 0.717) is 5.92 Å². The third kappa shape index (κ3) is 3.89. The Morgan fingerprint density at radius 1 is 1.22 bits per heavy atom. The smallest absolute Gasteiger partial charge is 0.326 e. The third-order valence-electron chi connectivity index (χ3n) is 3.60. The molecule has 0 saturated heterocycles. The van der Waals surface area contributed by atoms with Crippen LogP contribution in [0.15, 0.2) is 0 Å². The topological polar surface area (TPSA) is 78.4 Å². The maximum atomic E-state index is 11.8. The Labute approximate surface area is 108 Å². The lowest BCUT2D eigenvalue weighted by molar-refractivity contribution is -0.141. The summed E-state index contributed by atoms with van der Waals surface area (Å²) in [5.74, 6) is -0.470. The number of urea groups is 1. The molecule has 0 aliphatic heterocycles. The van der Waals surface area contributed by atoms with Crippen LogP contribution in [0.25, 0.3) is 0 Å². The van der Waals surface area contributed by atoms with Gasteiger partial charge in [-0.1, -0.05) is 27.2 Å². The number of aliphatic carboxylic acids is 1. The number of carbonyl (C=O) groups excluding carboxylic acids is 1. The summed E-state index contributed by atoms with van der Waals surface area (Å²) in [5, 5.41) is 14.5. The highest BCUT2D eigenvalue weighted by atomic mass is 16.4. The van der Waals surface area contributed by atoms with Crippen molar-refractivity contribution in [2.75, 3.05) is 0 Å². The van der Waals surface area contributed by atoms with Gasteiger partial charge in [0.25, 0.3) is 0 Å². The summed E-state index contributed by atoms with van der Waals surface area (Å²) in [4.78, 5) is 22.9. The second-order valence-corrected chi connectivity index (χ2v) is 6.23. The minimum atomic E-state index is -1.01. The number of hydrogen-bond donors (Lipinski definition) is 3. The molecular weight excluding hydrogens is 232 g/mol. The molecule has 1 rings (SSSR count). The first kappa shape index (κ1) is 14.8. The van der Waals surface area contributed by atoms with E-state index in [1.54, 1.807) is 20.8 Å². The van der Waals surface area contributed by atoms with E-state index in [2.05, 4.69) is 10.6 Å². The molecule has 5 nitrogen and oxygen atoms in total. The second-order valence-electron chi connectivity index (χ2n) is 6.23. The minimum absolute atomic E-state index is 0.105. The van der Waals surface area contributed by atoms with Crippen molar-refractivity contribution in [2.24, 2.45) is 11.3 Å². The van der Waals surface area contributed by atoms with Crippen molar-refractivity contribution in [3.8, 4) is 0 Å². The molecular formula is C13H24N2O3. The fourth-order valence-corrected chi connectivity index (χ4v) is 2.09. The van der Waals surface area contributed by atoms with Crippen LogP contribution in [0.5, 0.6) is 0 Å². The number of carboxylic acids is 1. The molecule has 0 radical (unpaired) electrons. The number of nitrogens with one attached hydrogen (secondary N) is 2. The molecule has 0 aromatic rings. The predicted octanol–water partition coefficient (Wildman–Crippen LogP) is 1.97. The van der Waals surface area contributed by atoms with E-state index in [1.807, 2.05) is 6.92 Å². The van der Waals surface area contributed by atoms with Crippen molar-refractivity contribution in [2.45, 2.75) is 59.0 Å². The molecule has 0 heterocycles. The lowest BCUT2D eigenvalue weighted by Gasteiger charge is -2.33. The maximum absolute atomic E-state index is 11.8. The first-order chi connectivity index (χ1) is 8.21. The maximum Gasteiger partial charge on any atom is 0.326 e. The lowest BCUT2D eigenvalue weighted by atomic mass is 9.80. The molecule has 0 aromatic heterocycles. The van der Waals surface area contributed by atoms with Crippen molar-refractivity contribution in [3.63, 3.8) is 0 Å². The van der Waals surface area contributed by atoms with E-state index in [1.165, 1.54) is 6.42 Å². The van der Waals surface area contributed by atoms with E-state index in [-0.39, 0.29) is 6.04 Å². The summed E-state index contributed by atoms with van der Waals surface area (Å²) in [6, 6.07) is -1.17. The summed E-state index contributed by atoms with van der Waals surface area (Å²) in [7, 11) is 0. The van der Waals surface area contributed by atoms with Gasteiger partial charge in [-0.25, -0.2) is 9.59 Å². The van der Waals surface area contributed by atoms with Crippen molar-refractivity contribution >= 4 is 12.0 Å². The van der Waals surface area contributed by atoms with Gasteiger partial charge in [0.05, 0.1) is 0 Å². The van der Waals surface area contributed by atoms with Crippen LogP contribution in [-0.4, -0.2) is 29.2 Å². The van der Waals surface area contributed by atoms with Gasteiger partial charge in [0.2, 0.25) is 0 Å². The zero-order valence-electron chi connectivity index (χ0n) is 11.6. The average molecular weight is 256 g/mol. The lowest BCUT2D eigenvalue weighted by Crippen LogP contribution is -2.54. The number of carbonyl (C=O) groups is 2. The van der Waals surface area contributed by atoms with Gasteiger partial charge in [0.15, 0.2) is 0 Å². The molecule has 1 fully saturated rings. The summed E-state index contributed by atoms with van der Waals surface area (Å²) < 4.78 is 0. The number of amides is 2. The first-order valence-corrected chi connectivity index (χ1v) is 6.51. The second kappa shape index (κ2) is 5.59. The Hall–Kier alpha value is -1.26. The molecule has 1 aliphatic rings. The Morgan fingerprint density at radius 3 is 2.11 bits per heavy atom. The largest absolute Gasteiger partial charge is 0.480 e. The van der Waals surface area contributed by atoms with Gasteiger partial charge in [-0.15, -0.1) is 0 Å². The summed E-state index contributed by atoms with van der Waals surface area (Å²) in [6.45, 7) is 7.35. The van der Waals surface area contributed by atoms with Crippen LogP contribution in [-0.2, 0) is 4.79 Å². The molecule has 1 aliphatic carbocycles. The van der Waals surface area contributed by atoms with Crippen LogP contribution in [0.2, 0.25) is 0 Å². The van der Waals surface area contributed by atoms with Gasteiger partial charge in [-0.05, 0) is 31.1 Å². The molecule has 0 spiro atoms. The Balaban J connectivity index is 2.48. The van der Waals surface area contributed by atoms with Crippen molar-refractivity contribution in [1.29, 1.82) is 0 Å². The van der Waals surface area contributed by atoms with Crippen LogP contribution in [0, 0.1) is 11.3 Å². The van der Waals surface area contributed by atoms with E-state index in [4.69, 9.17) is 5.11 Å². The van der Waals surface area contributed by atoms with Crippen LogP contribution in [0.4, 0.5) is 4.79 Å². The molecule has 3 N–H and O–H groups in total. The Bertz CT molecular complexity index is 319. The van der Waals surface area contributed by atoms with Crippen molar-refractivity contribution in [3.05, 3.63) is 0 Å². The van der Waals surface area contributed by atoms with Crippen molar-refractivity contribution in [1.82, 2.24) is 10.6 Å². The molecule has 5 heteroatoms. The van der Waals surface area contributed by atoms with Gasteiger partial charge in [0.1, 0.15) is 6.04 Å². The van der Waals surface area contributed by atoms with Gasteiger partial charge in [0, 0.05) is 6.04 Å². The average Bonchev–Trinajstić information content (AvgIpc) is 2.08. The van der Waals surface area contributed by atoms with Crippen LogP contribution >= 0.6 is 0 Å². The predicted molar refractivity (Wildman–Crippen MR) is 69.3 cm³/mol. The molecule has 1 saturated carbocycles. The van der Waals surface area contributed by atoms with Gasteiger partial charge >= 0.3 is 12.0 Å². The summed E-state index contributed by atoms with van der Waals surface area (Å²) in [6.07, 6.45) is 3.50. The zero-order chi connectivity index (χ0) is 13.9. The Morgan fingerprint density at radius 2 is 1.78 bits per heavy atom. The molecule has 104 valence electrons. The van der Waals surface area contributed by atoms with E-state index in [9.17, 15) is 9.59 Å². The highest BCUT2D eigenvalue weighted by Gasteiger charge is 2.33. The minimum Gasteiger partial charge on any atom is -0.480 e. The molecule has 0 bridgehead atoms. The molecule has 0 aromatic carbocycles. The quantitative estimate of drug-likeness (QED) is 0.719. The van der Waals surface area contributed by atoms with E-state index in [0.717, 1.165) is 12.8 Å². The van der Waals surface area contributed by atoms with Crippen LogP contribution < -0.4 is 10.6 Å². The van der Waals surface area contributed by atoms with Gasteiger partial charge < -0.3 is 15.7 Å². The number of hydrogen-bond acceptors (Lipinski definition) is 2. The normalized spacial score (nSPS) is 19.6. The zero-order valence-corrected chi connectivity index (χ0v) is 11.6. The van der Waals surface area contributed by atoms with Gasteiger partial charge in [-0.2, -0.15) is 0 Å². The van der Waals surface area contributed by atoms with Crippen LogP contribution in [0.1, 0.15) is 47.0 Å². The van der Waals surface area contributed by atoms with E-state index < -0.39 is 23.5 Å². The highest BCUT2D eigenvalue weighted by molar-refractivity contribution is 5.83. The highest BCUT2D eigenvalue weighted by Crippen LogP contribution is 2.29. The molecule has 2 atom stereocenters.